The second-order valence-electron chi connectivity index (χ2n) is 7.12. The minimum atomic E-state index is -0.566. The highest BCUT2D eigenvalue weighted by Crippen LogP contribution is 2.47. The van der Waals surface area contributed by atoms with Gasteiger partial charge in [0.25, 0.3) is 5.56 Å². The minimum Gasteiger partial charge on any atom is -0.439 e. The van der Waals surface area contributed by atoms with Crippen molar-refractivity contribution < 1.29 is 4.74 Å². The number of para-hydroxylation sites is 1. The van der Waals surface area contributed by atoms with Gasteiger partial charge in [-0.3, -0.25) is 4.79 Å². The van der Waals surface area contributed by atoms with E-state index in [0.717, 1.165) is 31.4 Å². The number of pyridine rings is 1. The number of nitriles is 1. The molecule has 0 aliphatic carbocycles. The van der Waals surface area contributed by atoms with Crippen LogP contribution in [0.25, 0.3) is 21.0 Å². The first-order valence-corrected chi connectivity index (χ1v) is 10.0. The zero-order valence-electron chi connectivity index (χ0n) is 15.9. The summed E-state index contributed by atoms with van der Waals surface area (Å²) in [4.78, 5) is 14.5. The number of hydrogen-bond acceptors (Lipinski definition) is 5. The van der Waals surface area contributed by atoms with Crippen LogP contribution in [-0.2, 0) is 7.05 Å². The zero-order valence-corrected chi connectivity index (χ0v) is 16.7. The van der Waals surface area contributed by atoms with Crippen molar-refractivity contribution in [1.29, 1.82) is 5.26 Å². The van der Waals surface area contributed by atoms with Crippen molar-refractivity contribution in [3.8, 4) is 11.8 Å². The third-order valence-electron chi connectivity index (χ3n) is 5.57. The fraction of sp³-hybridized carbons (Fsp3) is 0.130. The van der Waals surface area contributed by atoms with Gasteiger partial charge in [0.1, 0.15) is 17.4 Å². The average Bonchev–Trinajstić information content (AvgIpc) is 3.06. The van der Waals surface area contributed by atoms with Crippen LogP contribution in [0.2, 0.25) is 0 Å². The highest BCUT2D eigenvalue weighted by molar-refractivity contribution is 7.19. The Kier molecular flexibility index (Phi) is 3.76. The molecule has 2 N–H and O–H groups in total. The Labute approximate surface area is 170 Å². The lowest BCUT2D eigenvalue weighted by molar-refractivity contribution is 0.396. The summed E-state index contributed by atoms with van der Waals surface area (Å²) in [6, 6.07) is 17.8. The van der Waals surface area contributed by atoms with E-state index in [1.807, 2.05) is 55.5 Å². The van der Waals surface area contributed by atoms with Gasteiger partial charge in [0.05, 0.1) is 17.0 Å². The van der Waals surface area contributed by atoms with Gasteiger partial charge in [-0.25, -0.2) is 0 Å². The van der Waals surface area contributed by atoms with Gasteiger partial charge in [-0.2, -0.15) is 5.26 Å². The predicted octanol–water partition coefficient (Wildman–Crippen LogP) is 4.28. The quantitative estimate of drug-likeness (QED) is 0.518. The maximum atomic E-state index is 13.5. The molecular formula is C23H17N3O2S. The number of aryl methyl sites for hydroxylation is 2. The molecule has 1 aliphatic heterocycles. The third kappa shape index (κ3) is 2.35. The van der Waals surface area contributed by atoms with E-state index in [-0.39, 0.29) is 17.0 Å². The molecule has 0 bridgehead atoms. The van der Waals surface area contributed by atoms with E-state index >= 15 is 0 Å². The molecule has 0 spiro atoms. The molecule has 1 aliphatic rings. The molecule has 2 aromatic heterocycles. The highest BCUT2D eigenvalue weighted by atomic mass is 32.1. The Morgan fingerprint density at radius 3 is 2.55 bits per heavy atom. The summed E-state index contributed by atoms with van der Waals surface area (Å²) in [5.74, 6) is -0.0684. The summed E-state index contributed by atoms with van der Waals surface area (Å²) < 4.78 is 8.62. The van der Waals surface area contributed by atoms with Gasteiger partial charge >= 0.3 is 0 Å². The van der Waals surface area contributed by atoms with Crippen molar-refractivity contribution >= 4 is 32.3 Å². The highest BCUT2D eigenvalue weighted by Gasteiger charge is 2.37. The van der Waals surface area contributed by atoms with Crippen molar-refractivity contribution in [1.82, 2.24) is 4.57 Å². The molecule has 6 heteroatoms. The van der Waals surface area contributed by atoms with E-state index < -0.39 is 5.92 Å². The van der Waals surface area contributed by atoms with E-state index in [0.29, 0.717) is 11.3 Å². The number of fused-ring (bicyclic) bond motifs is 4. The number of allylic oxidation sites excluding steroid dienone is 1. The molecule has 5 rings (SSSR count). The van der Waals surface area contributed by atoms with Gasteiger partial charge in [-0.15, -0.1) is 11.3 Å². The smallest absolute Gasteiger partial charge is 0.258 e. The van der Waals surface area contributed by atoms with Crippen molar-refractivity contribution in [3.63, 3.8) is 0 Å². The molecule has 0 saturated heterocycles. The molecule has 0 saturated carbocycles. The molecule has 4 aromatic rings. The number of nitrogens with two attached hydrogens (primary N) is 1. The van der Waals surface area contributed by atoms with Gasteiger partial charge in [-0.05, 0) is 36.1 Å². The fourth-order valence-electron chi connectivity index (χ4n) is 4.26. The molecule has 3 heterocycles. The first kappa shape index (κ1) is 17.5. The minimum absolute atomic E-state index is 0.0538. The number of ether oxygens (including phenoxy) is 1. The molecule has 0 radical (unpaired) electrons. The molecule has 5 nitrogen and oxygen atoms in total. The van der Waals surface area contributed by atoms with Crippen molar-refractivity contribution in [2.75, 3.05) is 0 Å². The molecule has 29 heavy (non-hydrogen) atoms. The number of benzene rings is 2. The van der Waals surface area contributed by atoms with Crippen LogP contribution in [0.15, 0.2) is 64.8 Å². The number of rotatable bonds is 1. The number of nitrogens with zero attached hydrogens (tertiary/aromatic N) is 2. The molecule has 1 atom stereocenters. The van der Waals surface area contributed by atoms with Gasteiger partial charge in [0, 0.05) is 22.0 Å². The summed E-state index contributed by atoms with van der Waals surface area (Å²) in [5.41, 5.74) is 8.46. The lowest BCUT2D eigenvalue weighted by atomic mass is 9.82. The SMILES string of the molecule is Cc1sc2ccccc2c1[C@@H]1C(C#N)=C(N)Oc2c1c(=O)n(C)c1ccccc21. The maximum absolute atomic E-state index is 13.5. The second-order valence-corrected chi connectivity index (χ2v) is 8.37. The van der Waals surface area contributed by atoms with Crippen LogP contribution < -0.4 is 16.0 Å². The van der Waals surface area contributed by atoms with E-state index in [4.69, 9.17) is 10.5 Å². The first-order chi connectivity index (χ1) is 14.0. The molecular weight excluding hydrogens is 382 g/mol. The fourth-order valence-corrected chi connectivity index (χ4v) is 5.36. The van der Waals surface area contributed by atoms with Gasteiger partial charge in [-0.1, -0.05) is 30.3 Å². The average molecular weight is 399 g/mol. The van der Waals surface area contributed by atoms with Gasteiger partial charge in [0.2, 0.25) is 5.88 Å². The van der Waals surface area contributed by atoms with Crippen molar-refractivity contribution in [2.45, 2.75) is 12.8 Å². The van der Waals surface area contributed by atoms with Crippen LogP contribution >= 0.6 is 11.3 Å². The maximum Gasteiger partial charge on any atom is 0.258 e. The topological polar surface area (TPSA) is 81.0 Å². The molecule has 0 unspecified atom stereocenters. The van der Waals surface area contributed by atoms with Crippen molar-refractivity contribution in [3.05, 3.63) is 86.3 Å². The second kappa shape index (κ2) is 6.23. The summed E-state index contributed by atoms with van der Waals surface area (Å²) in [6.45, 7) is 2.02. The van der Waals surface area contributed by atoms with Crippen molar-refractivity contribution in [2.24, 2.45) is 12.8 Å². The lowest BCUT2D eigenvalue weighted by Gasteiger charge is -2.28. The molecule has 2 aromatic carbocycles. The lowest BCUT2D eigenvalue weighted by Crippen LogP contribution is -2.31. The predicted molar refractivity (Wildman–Crippen MR) is 115 cm³/mol. The monoisotopic (exact) mass is 399 g/mol. The number of aromatic nitrogens is 1. The molecule has 142 valence electrons. The number of thiophene rings is 1. The van der Waals surface area contributed by atoms with Crippen LogP contribution in [-0.4, -0.2) is 4.57 Å². The summed E-state index contributed by atoms with van der Waals surface area (Å²) >= 11 is 1.65. The summed E-state index contributed by atoms with van der Waals surface area (Å²) in [7, 11) is 1.74. The zero-order chi connectivity index (χ0) is 20.3. The Bertz CT molecular complexity index is 1450. The van der Waals surface area contributed by atoms with Gasteiger partial charge < -0.3 is 15.0 Å². The normalized spacial score (nSPS) is 16.0. The third-order valence-corrected chi connectivity index (χ3v) is 6.68. The first-order valence-electron chi connectivity index (χ1n) is 9.20. The summed E-state index contributed by atoms with van der Waals surface area (Å²) in [6.07, 6.45) is 0. The van der Waals surface area contributed by atoms with E-state index in [2.05, 4.69) is 6.07 Å². The van der Waals surface area contributed by atoms with E-state index in [9.17, 15) is 10.1 Å². The van der Waals surface area contributed by atoms with Crippen LogP contribution in [0.4, 0.5) is 0 Å². The number of hydrogen-bond donors (Lipinski definition) is 1. The largest absolute Gasteiger partial charge is 0.439 e. The van der Waals surface area contributed by atoms with E-state index in [1.54, 1.807) is 23.0 Å². The molecule has 0 amide bonds. The summed E-state index contributed by atoms with van der Waals surface area (Å²) in [5, 5.41) is 11.7. The Hall–Kier alpha value is -3.56. The van der Waals surface area contributed by atoms with Crippen LogP contribution in [0.3, 0.4) is 0 Å². The molecule has 0 fully saturated rings. The standard InChI is InChI=1S/C23H17N3O2S/c1-12-18(14-8-4-6-10-17(14)29-12)19-15(11-24)22(25)28-21-13-7-3-5-9-16(13)26(2)23(27)20(19)21/h3-10,19H,25H2,1-2H3/t19-/m0/s1. The Morgan fingerprint density at radius 1 is 1.10 bits per heavy atom. The van der Waals surface area contributed by atoms with Crippen LogP contribution in [0.5, 0.6) is 5.75 Å². The van der Waals surface area contributed by atoms with E-state index in [1.165, 1.54) is 0 Å². The van der Waals surface area contributed by atoms with Crippen LogP contribution in [0.1, 0.15) is 21.9 Å². The van der Waals surface area contributed by atoms with Crippen LogP contribution in [0, 0.1) is 18.3 Å². The Morgan fingerprint density at radius 2 is 1.79 bits per heavy atom. The van der Waals surface area contributed by atoms with Gasteiger partial charge in [0.15, 0.2) is 0 Å². The Balaban J connectivity index is 1.96.